The van der Waals surface area contributed by atoms with Gasteiger partial charge in [-0.2, -0.15) is 13.2 Å². The van der Waals surface area contributed by atoms with Gasteiger partial charge in [0.2, 0.25) is 5.91 Å². The highest BCUT2D eigenvalue weighted by Crippen LogP contribution is 2.34. The summed E-state index contributed by atoms with van der Waals surface area (Å²) in [6.07, 6.45) is -4.67. The normalized spacial score (nSPS) is 10.9. The van der Waals surface area contributed by atoms with Gasteiger partial charge in [0.15, 0.2) is 13.2 Å². The summed E-state index contributed by atoms with van der Waals surface area (Å²) in [6.45, 7) is -1.93. The largest absolute Gasteiger partial charge is 0.480 e. The molecule has 2 aromatic rings. The van der Waals surface area contributed by atoms with Crippen molar-refractivity contribution in [1.82, 2.24) is 4.90 Å². The van der Waals surface area contributed by atoms with Crippen LogP contribution in [-0.4, -0.2) is 49.5 Å². The van der Waals surface area contributed by atoms with E-state index in [1.807, 2.05) is 0 Å². The maximum Gasteiger partial charge on any atom is 0.418 e. The number of amides is 2. The molecular formula is C20H17ClF4N2O5. The summed E-state index contributed by atoms with van der Waals surface area (Å²) in [5.74, 6) is -3.15. The number of carbonyl (C=O) groups excluding carboxylic acids is 3. The molecule has 0 aliphatic carbocycles. The number of nitrogens with zero attached hydrogens (tertiary/aromatic N) is 1. The zero-order valence-electron chi connectivity index (χ0n) is 16.5. The van der Waals surface area contributed by atoms with Crippen molar-refractivity contribution in [2.24, 2.45) is 0 Å². The van der Waals surface area contributed by atoms with Crippen molar-refractivity contribution in [3.63, 3.8) is 0 Å². The first-order valence-corrected chi connectivity index (χ1v) is 9.28. The molecule has 172 valence electrons. The molecule has 0 saturated heterocycles. The summed E-state index contributed by atoms with van der Waals surface area (Å²) in [6, 6.07) is 7.65. The van der Waals surface area contributed by atoms with E-state index in [9.17, 15) is 31.9 Å². The van der Waals surface area contributed by atoms with Gasteiger partial charge >= 0.3 is 12.1 Å². The van der Waals surface area contributed by atoms with Crippen LogP contribution in [0.15, 0.2) is 42.5 Å². The van der Waals surface area contributed by atoms with Crippen LogP contribution in [0.25, 0.3) is 0 Å². The number of ether oxygens (including phenoxy) is 2. The van der Waals surface area contributed by atoms with E-state index in [4.69, 9.17) is 21.1 Å². The molecule has 12 heteroatoms. The first kappa shape index (κ1) is 24.9. The predicted octanol–water partition coefficient (Wildman–Crippen LogP) is 3.52. The van der Waals surface area contributed by atoms with Crippen molar-refractivity contribution < 1.29 is 41.4 Å². The second kappa shape index (κ2) is 10.8. The summed E-state index contributed by atoms with van der Waals surface area (Å²) in [5, 5.41) is 2.03. The lowest BCUT2D eigenvalue weighted by atomic mass is 10.1. The van der Waals surface area contributed by atoms with Gasteiger partial charge in [0, 0.05) is 7.05 Å². The van der Waals surface area contributed by atoms with Crippen LogP contribution < -0.4 is 10.1 Å². The number of likely N-dealkylation sites (N-methyl/N-ethyl adjacent to an activating group) is 1. The van der Waals surface area contributed by atoms with Crippen molar-refractivity contribution in [1.29, 1.82) is 0 Å². The second-order valence-corrected chi connectivity index (χ2v) is 6.77. The number of hydrogen-bond donors (Lipinski definition) is 1. The second-order valence-electron chi connectivity index (χ2n) is 6.37. The Bertz CT molecular complexity index is 1000. The molecule has 0 bridgehead atoms. The Balaban J connectivity index is 1.80. The molecule has 2 amide bonds. The van der Waals surface area contributed by atoms with E-state index in [0.717, 1.165) is 29.2 Å². The minimum absolute atomic E-state index is 0.0317. The van der Waals surface area contributed by atoms with Gasteiger partial charge in [0.1, 0.15) is 11.6 Å². The smallest absolute Gasteiger partial charge is 0.418 e. The van der Waals surface area contributed by atoms with Crippen LogP contribution in [0.3, 0.4) is 0 Å². The number of halogens is 5. The van der Waals surface area contributed by atoms with Gasteiger partial charge in [0.05, 0.1) is 22.8 Å². The fourth-order valence-corrected chi connectivity index (χ4v) is 2.58. The maximum atomic E-state index is 13.0. The molecule has 0 aliphatic rings. The van der Waals surface area contributed by atoms with Gasteiger partial charge in [-0.25, -0.2) is 9.18 Å². The highest BCUT2D eigenvalue weighted by molar-refractivity contribution is 6.32. The summed E-state index contributed by atoms with van der Waals surface area (Å²) in [7, 11) is 1.21. The number of rotatable bonds is 8. The van der Waals surface area contributed by atoms with Crippen LogP contribution >= 0.6 is 11.6 Å². The van der Waals surface area contributed by atoms with Crippen molar-refractivity contribution in [2.45, 2.75) is 6.18 Å². The van der Waals surface area contributed by atoms with Crippen LogP contribution in [0.2, 0.25) is 5.02 Å². The van der Waals surface area contributed by atoms with E-state index in [0.29, 0.717) is 0 Å². The van der Waals surface area contributed by atoms with Gasteiger partial charge in [-0.3, -0.25) is 9.59 Å². The number of carbonyl (C=O) groups is 3. The van der Waals surface area contributed by atoms with Gasteiger partial charge in [0.25, 0.3) is 5.91 Å². The van der Waals surface area contributed by atoms with Gasteiger partial charge < -0.3 is 19.7 Å². The van der Waals surface area contributed by atoms with Gasteiger partial charge in [-0.05, 0) is 30.3 Å². The molecule has 32 heavy (non-hydrogen) atoms. The Morgan fingerprint density at radius 1 is 1.09 bits per heavy atom. The van der Waals surface area contributed by atoms with Gasteiger partial charge in [-0.1, -0.05) is 23.7 Å². The SMILES string of the molecule is CN(CC(=O)Nc1ccccc1C(F)(F)F)C(=O)COC(=O)COc1ccc(F)cc1Cl. The van der Waals surface area contributed by atoms with E-state index >= 15 is 0 Å². The van der Waals surface area contributed by atoms with Crippen LogP contribution in [0.5, 0.6) is 5.75 Å². The average Bonchev–Trinajstić information content (AvgIpc) is 2.70. The number of nitrogens with one attached hydrogen (secondary N) is 1. The first-order chi connectivity index (χ1) is 15.0. The Labute approximate surface area is 184 Å². The van der Waals surface area contributed by atoms with E-state index in [-0.39, 0.29) is 10.8 Å². The van der Waals surface area contributed by atoms with E-state index < -0.39 is 60.8 Å². The molecule has 0 unspecified atom stereocenters. The number of anilines is 1. The third-order valence-corrected chi connectivity index (χ3v) is 4.20. The molecule has 2 rings (SSSR count). The Morgan fingerprint density at radius 2 is 1.78 bits per heavy atom. The number of esters is 1. The maximum absolute atomic E-state index is 13.0. The molecule has 0 aliphatic heterocycles. The van der Waals surface area contributed by atoms with Crippen LogP contribution in [0.4, 0.5) is 23.2 Å². The molecule has 0 saturated carbocycles. The van der Waals surface area contributed by atoms with E-state index in [2.05, 4.69) is 5.32 Å². The summed E-state index contributed by atoms with van der Waals surface area (Å²) in [5.41, 5.74) is -1.48. The molecule has 1 N–H and O–H groups in total. The fraction of sp³-hybridized carbons (Fsp3) is 0.250. The third-order valence-electron chi connectivity index (χ3n) is 3.91. The molecule has 0 spiro atoms. The standard InChI is InChI=1S/C20H17ClF4N2O5/c1-27(9-17(28)26-15-5-3-2-4-13(15)20(23,24)25)18(29)10-32-19(30)11-31-16-7-6-12(22)8-14(16)21/h2-8H,9-11H2,1H3,(H,26,28). The molecule has 0 atom stereocenters. The molecule has 7 nitrogen and oxygen atoms in total. The highest BCUT2D eigenvalue weighted by Gasteiger charge is 2.33. The molecule has 0 radical (unpaired) electrons. The van der Waals surface area contributed by atoms with E-state index in [1.54, 1.807) is 0 Å². The fourth-order valence-electron chi connectivity index (χ4n) is 2.36. The topological polar surface area (TPSA) is 84.9 Å². The number of hydrogen-bond acceptors (Lipinski definition) is 5. The lowest BCUT2D eigenvalue weighted by molar-refractivity contribution is -0.153. The van der Waals surface area contributed by atoms with Crippen LogP contribution in [-0.2, 0) is 25.3 Å². The molecular weight excluding hydrogens is 460 g/mol. The van der Waals surface area contributed by atoms with E-state index in [1.165, 1.54) is 25.2 Å². The molecule has 0 heterocycles. The summed E-state index contributed by atoms with van der Waals surface area (Å²) in [4.78, 5) is 36.6. The van der Waals surface area contributed by atoms with Crippen molar-refractivity contribution in [3.05, 3.63) is 58.9 Å². The lowest BCUT2D eigenvalue weighted by Gasteiger charge is -2.18. The summed E-state index contributed by atoms with van der Waals surface area (Å²) < 4.78 is 61.7. The number of alkyl halides is 3. The number of para-hydroxylation sites is 1. The number of benzene rings is 2. The monoisotopic (exact) mass is 476 g/mol. The Morgan fingerprint density at radius 3 is 2.44 bits per heavy atom. The predicted molar refractivity (Wildman–Crippen MR) is 106 cm³/mol. The van der Waals surface area contributed by atoms with Crippen molar-refractivity contribution in [3.8, 4) is 5.75 Å². The average molecular weight is 477 g/mol. The molecule has 0 fully saturated rings. The van der Waals surface area contributed by atoms with Crippen LogP contribution in [0.1, 0.15) is 5.56 Å². The highest BCUT2D eigenvalue weighted by atomic mass is 35.5. The Kier molecular flexibility index (Phi) is 8.41. The minimum Gasteiger partial charge on any atom is -0.480 e. The molecule has 0 aromatic heterocycles. The summed E-state index contributed by atoms with van der Waals surface area (Å²) >= 11 is 5.75. The first-order valence-electron chi connectivity index (χ1n) is 8.91. The quantitative estimate of drug-likeness (QED) is 0.465. The Hall–Kier alpha value is -3.34. The molecule has 2 aromatic carbocycles. The third kappa shape index (κ3) is 7.41. The lowest BCUT2D eigenvalue weighted by Crippen LogP contribution is -2.38. The van der Waals surface area contributed by atoms with Gasteiger partial charge in [-0.15, -0.1) is 0 Å². The van der Waals surface area contributed by atoms with Crippen LogP contribution in [0, 0.1) is 5.82 Å². The minimum atomic E-state index is -4.67. The van der Waals surface area contributed by atoms with Crippen molar-refractivity contribution in [2.75, 3.05) is 32.1 Å². The zero-order chi connectivity index (χ0) is 23.9. The van der Waals surface area contributed by atoms with Crippen molar-refractivity contribution >= 4 is 35.1 Å². The zero-order valence-corrected chi connectivity index (χ0v) is 17.3.